The Hall–Kier alpha value is -2.57. The van der Waals surface area contributed by atoms with E-state index in [-0.39, 0.29) is 17.9 Å². The molecular weight excluding hydrogens is 312 g/mol. The number of hydrogen-bond donors (Lipinski definition) is 4. The molecule has 0 aromatic heterocycles. The number of carbonyl (C=O) groups is 1. The molecule has 4 N–H and O–H groups in total. The van der Waals surface area contributed by atoms with Crippen molar-refractivity contribution in [1.29, 1.82) is 0 Å². The molecule has 24 heavy (non-hydrogen) atoms. The van der Waals surface area contributed by atoms with Crippen molar-refractivity contribution in [1.82, 2.24) is 0 Å². The highest BCUT2D eigenvalue weighted by Gasteiger charge is 2.22. The molecule has 6 nitrogen and oxygen atoms in total. The SMILES string of the molecule is O=C(CC(Cc1ccccc1)c1cccc(O)c1O)OCC(O)O. The van der Waals surface area contributed by atoms with Gasteiger partial charge in [-0.05, 0) is 18.1 Å². The zero-order valence-electron chi connectivity index (χ0n) is 13.0. The van der Waals surface area contributed by atoms with Crippen molar-refractivity contribution in [3.63, 3.8) is 0 Å². The van der Waals surface area contributed by atoms with Gasteiger partial charge in [-0.25, -0.2) is 0 Å². The van der Waals surface area contributed by atoms with Gasteiger partial charge in [0.1, 0.15) is 6.61 Å². The molecule has 1 atom stereocenters. The number of para-hydroxylation sites is 1. The van der Waals surface area contributed by atoms with Crippen LogP contribution < -0.4 is 0 Å². The number of rotatable bonds is 7. The van der Waals surface area contributed by atoms with E-state index in [4.69, 9.17) is 14.9 Å². The highest BCUT2D eigenvalue weighted by atomic mass is 16.6. The smallest absolute Gasteiger partial charge is 0.306 e. The highest BCUT2D eigenvalue weighted by Crippen LogP contribution is 2.37. The molecule has 128 valence electrons. The van der Waals surface area contributed by atoms with Gasteiger partial charge in [0.05, 0.1) is 6.42 Å². The van der Waals surface area contributed by atoms with Crippen molar-refractivity contribution in [2.24, 2.45) is 0 Å². The van der Waals surface area contributed by atoms with Crippen LogP contribution in [0.25, 0.3) is 0 Å². The molecule has 0 heterocycles. The number of carbonyl (C=O) groups excluding carboxylic acids is 1. The van der Waals surface area contributed by atoms with Crippen LogP contribution >= 0.6 is 0 Å². The first-order valence-electron chi connectivity index (χ1n) is 7.54. The van der Waals surface area contributed by atoms with Crippen LogP contribution in [0, 0.1) is 0 Å². The van der Waals surface area contributed by atoms with Crippen molar-refractivity contribution in [2.45, 2.75) is 25.0 Å². The molecule has 0 aliphatic rings. The highest BCUT2D eigenvalue weighted by molar-refractivity contribution is 5.71. The molecular formula is C18H20O6. The van der Waals surface area contributed by atoms with Crippen LogP contribution in [0.5, 0.6) is 11.5 Å². The number of esters is 1. The van der Waals surface area contributed by atoms with Gasteiger partial charge < -0.3 is 25.2 Å². The van der Waals surface area contributed by atoms with Gasteiger partial charge >= 0.3 is 5.97 Å². The topological polar surface area (TPSA) is 107 Å². The summed E-state index contributed by atoms with van der Waals surface area (Å²) in [5.74, 6) is -1.58. The first-order chi connectivity index (χ1) is 11.5. The summed E-state index contributed by atoms with van der Waals surface area (Å²) in [6.45, 7) is -0.511. The molecule has 0 aliphatic heterocycles. The molecule has 0 saturated carbocycles. The quantitative estimate of drug-likeness (QED) is 0.349. The normalized spacial score (nSPS) is 12.1. The summed E-state index contributed by atoms with van der Waals surface area (Å²) in [4.78, 5) is 11.9. The maximum absolute atomic E-state index is 11.9. The maximum Gasteiger partial charge on any atom is 0.306 e. The first kappa shape index (κ1) is 17.8. The summed E-state index contributed by atoms with van der Waals surface area (Å²) in [5, 5.41) is 37.3. The third kappa shape index (κ3) is 4.97. The molecule has 1 unspecified atom stereocenters. The van der Waals surface area contributed by atoms with E-state index >= 15 is 0 Å². The molecule has 0 amide bonds. The fraction of sp³-hybridized carbons (Fsp3) is 0.278. The zero-order chi connectivity index (χ0) is 17.5. The summed E-state index contributed by atoms with van der Waals surface area (Å²) >= 11 is 0. The summed E-state index contributed by atoms with van der Waals surface area (Å²) in [7, 11) is 0. The zero-order valence-corrected chi connectivity index (χ0v) is 13.0. The summed E-state index contributed by atoms with van der Waals surface area (Å²) in [6, 6.07) is 14.0. The van der Waals surface area contributed by atoms with Crippen molar-refractivity contribution >= 4 is 5.97 Å². The molecule has 2 rings (SSSR count). The molecule has 0 bridgehead atoms. The van der Waals surface area contributed by atoms with Gasteiger partial charge in [0, 0.05) is 11.5 Å². The third-order valence-corrected chi connectivity index (χ3v) is 3.62. The Morgan fingerprint density at radius 2 is 1.71 bits per heavy atom. The monoisotopic (exact) mass is 332 g/mol. The molecule has 0 aliphatic carbocycles. The minimum atomic E-state index is -1.73. The molecule has 0 saturated heterocycles. The van der Waals surface area contributed by atoms with Crippen LogP contribution in [0.2, 0.25) is 0 Å². The second-order valence-corrected chi connectivity index (χ2v) is 5.47. The van der Waals surface area contributed by atoms with Gasteiger partial charge in [-0.15, -0.1) is 0 Å². The summed E-state index contributed by atoms with van der Waals surface area (Å²) in [5.41, 5.74) is 1.39. The number of aliphatic hydroxyl groups is 2. The van der Waals surface area contributed by atoms with Crippen molar-refractivity contribution in [2.75, 3.05) is 6.61 Å². The maximum atomic E-state index is 11.9. The fourth-order valence-electron chi connectivity index (χ4n) is 2.50. The number of phenolic OH excluding ortho intramolecular Hbond substituents is 2. The fourth-order valence-corrected chi connectivity index (χ4v) is 2.50. The number of phenols is 2. The second kappa shape index (κ2) is 8.33. The number of ether oxygens (including phenoxy) is 1. The van der Waals surface area contributed by atoms with Crippen molar-refractivity contribution in [3.05, 3.63) is 59.7 Å². The molecule has 0 radical (unpaired) electrons. The predicted molar refractivity (Wildman–Crippen MR) is 86.5 cm³/mol. The lowest BCUT2D eigenvalue weighted by atomic mass is 9.88. The van der Waals surface area contributed by atoms with Gasteiger partial charge in [0.25, 0.3) is 0 Å². The van der Waals surface area contributed by atoms with E-state index < -0.39 is 24.8 Å². The van der Waals surface area contributed by atoms with Crippen LogP contribution in [0.15, 0.2) is 48.5 Å². The van der Waals surface area contributed by atoms with Gasteiger partial charge in [0.15, 0.2) is 17.8 Å². The number of hydrogen-bond acceptors (Lipinski definition) is 6. The minimum Gasteiger partial charge on any atom is -0.504 e. The van der Waals surface area contributed by atoms with Gasteiger partial charge in [-0.1, -0.05) is 42.5 Å². The Labute approximate surface area is 139 Å². The third-order valence-electron chi connectivity index (χ3n) is 3.62. The lowest BCUT2D eigenvalue weighted by Gasteiger charge is -2.19. The van der Waals surface area contributed by atoms with E-state index in [0.717, 1.165) is 5.56 Å². The van der Waals surface area contributed by atoms with E-state index in [1.165, 1.54) is 6.07 Å². The second-order valence-electron chi connectivity index (χ2n) is 5.47. The van der Waals surface area contributed by atoms with Crippen LogP contribution in [-0.2, 0) is 16.0 Å². The Balaban J connectivity index is 2.21. The van der Waals surface area contributed by atoms with E-state index in [1.807, 2.05) is 30.3 Å². The van der Waals surface area contributed by atoms with Crippen molar-refractivity contribution < 1.29 is 30.0 Å². The number of benzene rings is 2. The van der Waals surface area contributed by atoms with Crippen LogP contribution in [-0.4, -0.2) is 39.3 Å². The van der Waals surface area contributed by atoms with E-state index in [1.54, 1.807) is 12.1 Å². The first-order valence-corrected chi connectivity index (χ1v) is 7.54. The number of aliphatic hydroxyl groups excluding tert-OH is 1. The van der Waals surface area contributed by atoms with Gasteiger partial charge in [-0.3, -0.25) is 4.79 Å². The Morgan fingerprint density at radius 3 is 2.38 bits per heavy atom. The van der Waals surface area contributed by atoms with E-state index in [0.29, 0.717) is 12.0 Å². The molecule has 2 aromatic rings. The Kier molecular flexibility index (Phi) is 6.17. The Bertz CT molecular complexity index is 668. The molecule has 0 spiro atoms. The van der Waals surface area contributed by atoms with Gasteiger partial charge in [-0.2, -0.15) is 0 Å². The Morgan fingerprint density at radius 1 is 1.00 bits per heavy atom. The van der Waals surface area contributed by atoms with Gasteiger partial charge in [0.2, 0.25) is 0 Å². The average molecular weight is 332 g/mol. The minimum absolute atomic E-state index is 0.0708. The summed E-state index contributed by atoms with van der Waals surface area (Å²) < 4.78 is 4.78. The lowest BCUT2D eigenvalue weighted by Crippen LogP contribution is -2.19. The van der Waals surface area contributed by atoms with Crippen LogP contribution in [0.3, 0.4) is 0 Å². The van der Waals surface area contributed by atoms with Crippen molar-refractivity contribution in [3.8, 4) is 11.5 Å². The van der Waals surface area contributed by atoms with Crippen LogP contribution in [0.1, 0.15) is 23.5 Å². The average Bonchev–Trinajstić information content (AvgIpc) is 2.56. The molecule has 2 aromatic carbocycles. The standard InChI is InChI=1S/C18H20O6/c19-15-8-4-7-14(18(15)23)13(9-12-5-2-1-3-6-12)10-17(22)24-11-16(20)21/h1-8,13,16,19-21,23H,9-11H2. The number of aromatic hydroxyl groups is 2. The van der Waals surface area contributed by atoms with E-state index in [2.05, 4.69) is 0 Å². The predicted octanol–water partition coefficient (Wildman–Crippen LogP) is 1.67. The lowest BCUT2D eigenvalue weighted by molar-refractivity contribution is -0.156. The molecule has 6 heteroatoms. The molecule has 0 fully saturated rings. The largest absolute Gasteiger partial charge is 0.504 e. The van der Waals surface area contributed by atoms with Crippen LogP contribution in [0.4, 0.5) is 0 Å². The summed E-state index contributed by atoms with van der Waals surface area (Å²) in [6.07, 6.45) is -1.34. The van der Waals surface area contributed by atoms with E-state index in [9.17, 15) is 15.0 Å².